The molecule has 0 bridgehead atoms. The Morgan fingerprint density at radius 2 is 1.73 bits per heavy atom. The van der Waals surface area contributed by atoms with E-state index < -0.39 is 0 Å². The Labute approximate surface area is 190 Å². The largest absolute Gasteiger partial charge is 0.490 e. The minimum absolute atomic E-state index is 0.260. The first-order valence-corrected chi connectivity index (χ1v) is 10.7. The lowest BCUT2D eigenvalue weighted by Gasteiger charge is -2.16. The van der Waals surface area contributed by atoms with E-state index in [0.29, 0.717) is 45.7 Å². The molecule has 0 aliphatic carbocycles. The number of nitrogens with one attached hydrogen (secondary N) is 1. The van der Waals surface area contributed by atoms with Gasteiger partial charge in [-0.1, -0.05) is 52.9 Å². The standard InChI is InChI=1S/C20H22Cl3N5O2/c1-3-7-28-20(25-26-27-28)24-11-14-8-18(29-4-2)19(10-17(14)23)30-12-13-5-6-15(21)9-16(13)22/h5-6,8-10H,3-4,7,11-12H2,1-2H3,(H,24,25,27). The summed E-state index contributed by atoms with van der Waals surface area (Å²) in [5, 5.41) is 16.5. The molecule has 3 rings (SSSR count). The molecule has 0 saturated heterocycles. The number of halogens is 3. The van der Waals surface area contributed by atoms with Gasteiger partial charge in [0.1, 0.15) is 6.61 Å². The van der Waals surface area contributed by atoms with Crippen molar-refractivity contribution >= 4 is 40.8 Å². The molecule has 1 heterocycles. The third kappa shape index (κ3) is 5.68. The Hall–Kier alpha value is -2.22. The lowest BCUT2D eigenvalue weighted by Crippen LogP contribution is -2.09. The number of hydrogen-bond donors (Lipinski definition) is 1. The van der Waals surface area contributed by atoms with E-state index in [9.17, 15) is 0 Å². The first-order chi connectivity index (χ1) is 14.5. The van der Waals surface area contributed by atoms with E-state index in [0.717, 1.165) is 24.1 Å². The number of tetrazole rings is 1. The van der Waals surface area contributed by atoms with Gasteiger partial charge < -0.3 is 14.8 Å². The molecule has 0 fully saturated rings. The molecule has 0 aliphatic rings. The van der Waals surface area contributed by atoms with Crippen molar-refractivity contribution in [2.24, 2.45) is 0 Å². The summed E-state index contributed by atoms with van der Waals surface area (Å²) in [6.45, 7) is 5.88. The van der Waals surface area contributed by atoms with Crippen LogP contribution in [0.2, 0.25) is 15.1 Å². The van der Waals surface area contributed by atoms with Crippen LogP contribution in [0.1, 0.15) is 31.4 Å². The Morgan fingerprint density at radius 1 is 0.967 bits per heavy atom. The van der Waals surface area contributed by atoms with Crippen molar-refractivity contribution in [2.75, 3.05) is 11.9 Å². The fraction of sp³-hybridized carbons (Fsp3) is 0.350. The van der Waals surface area contributed by atoms with E-state index in [2.05, 4.69) is 27.8 Å². The third-order valence-corrected chi connectivity index (χ3v) is 5.15. The molecule has 3 aromatic rings. The van der Waals surface area contributed by atoms with E-state index in [-0.39, 0.29) is 6.61 Å². The Kier molecular flexibility index (Phi) is 8.01. The van der Waals surface area contributed by atoms with Gasteiger partial charge in [0.25, 0.3) is 0 Å². The Bertz CT molecular complexity index is 997. The van der Waals surface area contributed by atoms with Gasteiger partial charge in [0, 0.05) is 39.8 Å². The molecule has 7 nitrogen and oxygen atoms in total. The zero-order valence-electron chi connectivity index (χ0n) is 16.7. The van der Waals surface area contributed by atoms with E-state index in [4.69, 9.17) is 44.3 Å². The van der Waals surface area contributed by atoms with Crippen LogP contribution in [0.25, 0.3) is 0 Å². The van der Waals surface area contributed by atoms with Crippen LogP contribution in [-0.4, -0.2) is 26.8 Å². The number of benzene rings is 2. The van der Waals surface area contributed by atoms with Gasteiger partial charge in [0.15, 0.2) is 11.5 Å². The van der Waals surface area contributed by atoms with Crippen molar-refractivity contribution in [3.05, 3.63) is 56.5 Å². The molecule has 0 radical (unpaired) electrons. The molecule has 160 valence electrons. The molecule has 0 aliphatic heterocycles. The number of nitrogens with zero attached hydrogens (tertiary/aromatic N) is 4. The molecule has 2 aromatic carbocycles. The normalized spacial score (nSPS) is 10.8. The van der Waals surface area contributed by atoms with E-state index in [1.807, 2.05) is 19.1 Å². The summed E-state index contributed by atoms with van der Waals surface area (Å²) in [6.07, 6.45) is 0.929. The highest BCUT2D eigenvalue weighted by molar-refractivity contribution is 6.35. The van der Waals surface area contributed by atoms with Gasteiger partial charge in [-0.25, -0.2) is 4.68 Å². The Balaban J connectivity index is 1.75. The maximum Gasteiger partial charge on any atom is 0.243 e. The third-order valence-electron chi connectivity index (χ3n) is 4.22. The monoisotopic (exact) mass is 469 g/mol. The predicted molar refractivity (Wildman–Crippen MR) is 119 cm³/mol. The SMILES string of the molecule is CCCn1nnnc1NCc1cc(OCC)c(OCc2ccc(Cl)cc2Cl)cc1Cl. The predicted octanol–water partition coefficient (Wildman–Crippen LogP) is 5.63. The van der Waals surface area contributed by atoms with Crippen molar-refractivity contribution < 1.29 is 9.47 Å². The summed E-state index contributed by atoms with van der Waals surface area (Å²) >= 11 is 18.7. The topological polar surface area (TPSA) is 74.1 Å². The second kappa shape index (κ2) is 10.7. The van der Waals surface area contributed by atoms with Crippen LogP contribution in [-0.2, 0) is 19.7 Å². The quantitative estimate of drug-likeness (QED) is 0.414. The van der Waals surface area contributed by atoms with E-state index >= 15 is 0 Å². The molecule has 1 aromatic heterocycles. The summed E-state index contributed by atoms with van der Waals surface area (Å²) in [7, 11) is 0. The summed E-state index contributed by atoms with van der Waals surface area (Å²) in [4.78, 5) is 0. The number of hydrogen-bond acceptors (Lipinski definition) is 6. The van der Waals surface area contributed by atoms with Crippen LogP contribution in [0, 0.1) is 0 Å². The molecule has 30 heavy (non-hydrogen) atoms. The smallest absolute Gasteiger partial charge is 0.243 e. The van der Waals surface area contributed by atoms with Crippen LogP contribution >= 0.6 is 34.8 Å². The summed E-state index contributed by atoms with van der Waals surface area (Å²) in [5.74, 6) is 1.72. The highest BCUT2D eigenvalue weighted by atomic mass is 35.5. The van der Waals surface area contributed by atoms with Gasteiger partial charge in [-0.2, -0.15) is 0 Å². The van der Waals surface area contributed by atoms with Crippen LogP contribution in [0.5, 0.6) is 11.5 Å². The lowest BCUT2D eigenvalue weighted by atomic mass is 10.2. The zero-order valence-corrected chi connectivity index (χ0v) is 18.9. The summed E-state index contributed by atoms with van der Waals surface area (Å²) in [5.41, 5.74) is 1.65. The maximum atomic E-state index is 6.50. The van der Waals surface area contributed by atoms with Crippen LogP contribution < -0.4 is 14.8 Å². The molecule has 1 N–H and O–H groups in total. The van der Waals surface area contributed by atoms with Gasteiger partial charge in [-0.3, -0.25) is 0 Å². The second-order valence-corrected chi connectivity index (χ2v) is 7.68. The fourth-order valence-corrected chi connectivity index (χ4v) is 3.44. The number of ether oxygens (including phenoxy) is 2. The number of aryl methyl sites for hydroxylation is 1. The molecule has 0 amide bonds. The van der Waals surface area contributed by atoms with Crippen molar-refractivity contribution in [2.45, 2.75) is 40.0 Å². The second-order valence-electron chi connectivity index (χ2n) is 6.43. The minimum Gasteiger partial charge on any atom is -0.490 e. The number of anilines is 1. The molecular weight excluding hydrogens is 449 g/mol. The van der Waals surface area contributed by atoms with Crippen molar-refractivity contribution in [3.8, 4) is 11.5 Å². The number of aromatic nitrogens is 4. The van der Waals surface area contributed by atoms with Crippen LogP contribution in [0.4, 0.5) is 5.95 Å². The van der Waals surface area contributed by atoms with Crippen molar-refractivity contribution in [1.29, 1.82) is 0 Å². The first kappa shape index (κ1) is 22.5. The number of rotatable bonds is 10. The van der Waals surface area contributed by atoms with Crippen molar-refractivity contribution in [1.82, 2.24) is 20.2 Å². The fourth-order valence-electron chi connectivity index (χ4n) is 2.76. The lowest BCUT2D eigenvalue weighted by molar-refractivity contribution is 0.269. The summed E-state index contributed by atoms with van der Waals surface area (Å²) < 4.78 is 13.4. The Morgan fingerprint density at radius 3 is 2.47 bits per heavy atom. The van der Waals surface area contributed by atoms with Gasteiger partial charge in [0.2, 0.25) is 5.95 Å². The highest BCUT2D eigenvalue weighted by Gasteiger charge is 2.14. The van der Waals surface area contributed by atoms with Gasteiger partial charge in [-0.15, -0.1) is 0 Å². The van der Waals surface area contributed by atoms with Gasteiger partial charge in [0.05, 0.1) is 6.61 Å². The van der Waals surface area contributed by atoms with E-state index in [1.165, 1.54) is 0 Å². The maximum absolute atomic E-state index is 6.50. The van der Waals surface area contributed by atoms with Gasteiger partial charge >= 0.3 is 0 Å². The molecule has 0 unspecified atom stereocenters. The first-order valence-electron chi connectivity index (χ1n) is 9.53. The summed E-state index contributed by atoms with van der Waals surface area (Å²) in [6, 6.07) is 8.86. The van der Waals surface area contributed by atoms with E-state index in [1.54, 1.807) is 22.9 Å². The average molecular weight is 471 g/mol. The molecule has 0 atom stereocenters. The minimum atomic E-state index is 0.260. The van der Waals surface area contributed by atoms with Crippen LogP contribution in [0.3, 0.4) is 0 Å². The molecule has 0 saturated carbocycles. The van der Waals surface area contributed by atoms with Gasteiger partial charge in [-0.05, 0) is 47.5 Å². The molecule has 10 heteroatoms. The molecule has 0 spiro atoms. The molecular formula is C20H22Cl3N5O2. The van der Waals surface area contributed by atoms with Crippen LogP contribution in [0.15, 0.2) is 30.3 Å². The zero-order chi connectivity index (χ0) is 21.5. The average Bonchev–Trinajstić information content (AvgIpc) is 3.15. The van der Waals surface area contributed by atoms with Crippen molar-refractivity contribution in [3.63, 3.8) is 0 Å². The highest BCUT2D eigenvalue weighted by Crippen LogP contribution is 2.35.